The Morgan fingerprint density at radius 2 is 1.94 bits per heavy atom. The van der Waals surface area contributed by atoms with Crippen molar-refractivity contribution in [1.82, 2.24) is 9.97 Å². The van der Waals surface area contributed by atoms with Crippen LogP contribution in [0.4, 0.5) is 10.2 Å². The number of anilines is 1. The second kappa shape index (κ2) is 5.00. The Kier molecular flexibility index (Phi) is 3.41. The summed E-state index contributed by atoms with van der Waals surface area (Å²) in [5, 5.41) is 3.02. The lowest BCUT2D eigenvalue weighted by Gasteiger charge is -2.08. The van der Waals surface area contributed by atoms with Crippen LogP contribution in [0, 0.1) is 19.7 Å². The highest BCUT2D eigenvalue weighted by molar-refractivity contribution is 5.36. The molecule has 18 heavy (non-hydrogen) atoms. The van der Waals surface area contributed by atoms with E-state index < -0.39 is 0 Å². The Morgan fingerprint density at radius 1 is 1.28 bits per heavy atom. The van der Waals surface area contributed by atoms with Crippen LogP contribution >= 0.6 is 0 Å². The van der Waals surface area contributed by atoms with Crippen molar-refractivity contribution in [2.24, 2.45) is 0 Å². The van der Waals surface area contributed by atoms with Crippen molar-refractivity contribution in [3.05, 3.63) is 57.4 Å². The maximum atomic E-state index is 13.4. The molecule has 0 saturated heterocycles. The van der Waals surface area contributed by atoms with Crippen molar-refractivity contribution >= 4 is 5.82 Å². The molecule has 0 unspecified atom stereocenters. The molecule has 94 valence electrons. The number of hydrogen-bond donors (Lipinski definition) is 2. The van der Waals surface area contributed by atoms with Crippen molar-refractivity contribution in [2.45, 2.75) is 20.4 Å². The normalized spacial score (nSPS) is 10.4. The standard InChI is InChI=1S/C13H14FN3O/c1-8-3-10(4-9(2)13(8)14)6-15-11-5-12(18)17-7-16-11/h3-5,7H,6H2,1-2H3,(H2,15,16,17,18). The van der Waals surface area contributed by atoms with Crippen LogP contribution in [0.15, 0.2) is 29.3 Å². The van der Waals surface area contributed by atoms with Crippen LogP contribution in [-0.2, 0) is 6.54 Å². The zero-order valence-corrected chi connectivity index (χ0v) is 10.2. The summed E-state index contributed by atoms with van der Waals surface area (Å²) >= 11 is 0. The molecule has 0 aliphatic carbocycles. The Bertz CT molecular complexity index is 599. The van der Waals surface area contributed by atoms with Crippen LogP contribution in [0.1, 0.15) is 16.7 Å². The van der Waals surface area contributed by atoms with Gasteiger partial charge < -0.3 is 10.3 Å². The van der Waals surface area contributed by atoms with Crippen LogP contribution < -0.4 is 10.9 Å². The zero-order valence-electron chi connectivity index (χ0n) is 10.2. The van der Waals surface area contributed by atoms with Crippen molar-refractivity contribution in [2.75, 3.05) is 5.32 Å². The fraction of sp³-hybridized carbons (Fsp3) is 0.231. The van der Waals surface area contributed by atoms with Gasteiger partial charge in [0.15, 0.2) is 0 Å². The van der Waals surface area contributed by atoms with E-state index in [9.17, 15) is 9.18 Å². The first kappa shape index (κ1) is 12.3. The van der Waals surface area contributed by atoms with Gasteiger partial charge in [-0.1, -0.05) is 12.1 Å². The first-order valence-corrected chi connectivity index (χ1v) is 5.60. The molecule has 0 bridgehead atoms. The molecule has 0 fully saturated rings. The van der Waals surface area contributed by atoms with E-state index in [2.05, 4.69) is 15.3 Å². The predicted octanol–water partition coefficient (Wildman–Crippen LogP) is 2.14. The Hall–Kier alpha value is -2.17. The minimum absolute atomic E-state index is 0.173. The molecule has 0 radical (unpaired) electrons. The molecular weight excluding hydrogens is 233 g/mol. The summed E-state index contributed by atoms with van der Waals surface area (Å²) in [5.74, 6) is 0.325. The minimum atomic E-state index is -0.209. The van der Waals surface area contributed by atoms with Gasteiger partial charge in [0, 0.05) is 12.6 Å². The molecule has 0 amide bonds. The molecule has 0 aliphatic rings. The monoisotopic (exact) mass is 247 g/mol. The number of halogens is 1. The van der Waals surface area contributed by atoms with Gasteiger partial charge in [-0.3, -0.25) is 4.79 Å². The largest absolute Gasteiger partial charge is 0.366 e. The second-order valence-electron chi connectivity index (χ2n) is 4.19. The molecule has 0 aliphatic heterocycles. The molecule has 2 rings (SSSR count). The number of hydrogen-bond acceptors (Lipinski definition) is 3. The highest BCUT2D eigenvalue weighted by Crippen LogP contribution is 2.15. The smallest absolute Gasteiger partial charge is 0.252 e. The molecule has 1 aromatic heterocycles. The van der Waals surface area contributed by atoms with Crippen LogP contribution in [0.5, 0.6) is 0 Å². The van der Waals surface area contributed by atoms with Gasteiger partial charge in [0.2, 0.25) is 0 Å². The number of aromatic amines is 1. The maximum absolute atomic E-state index is 13.4. The highest BCUT2D eigenvalue weighted by Gasteiger charge is 2.04. The SMILES string of the molecule is Cc1cc(CNc2cc(=O)[nH]cn2)cc(C)c1F. The van der Waals surface area contributed by atoms with Gasteiger partial charge >= 0.3 is 0 Å². The molecule has 0 spiro atoms. The number of nitrogens with one attached hydrogen (secondary N) is 2. The Morgan fingerprint density at radius 3 is 2.56 bits per heavy atom. The summed E-state index contributed by atoms with van der Waals surface area (Å²) in [4.78, 5) is 17.5. The minimum Gasteiger partial charge on any atom is -0.366 e. The van der Waals surface area contributed by atoms with Gasteiger partial charge in [-0.05, 0) is 30.5 Å². The van der Waals surface area contributed by atoms with Gasteiger partial charge in [-0.25, -0.2) is 9.37 Å². The molecule has 2 aromatic rings. The van der Waals surface area contributed by atoms with E-state index in [1.165, 1.54) is 12.4 Å². The Balaban J connectivity index is 2.13. The van der Waals surface area contributed by atoms with Crippen molar-refractivity contribution in [1.29, 1.82) is 0 Å². The third kappa shape index (κ3) is 2.74. The number of rotatable bonds is 3. The van der Waals surface area contributed by atoms with Crippen LogP contribution in [0.3, 0.4) is 0 Å². The molecule has 0 atom stereocenters. The van der Waals surface area contributed by atoms with Crippen molar-refractivity contribution in [3.63, 3.8) is 0 Å². The van der Waals surface area contributed by atoms with Gasteiger partial charge in [0.05, 0.1) is 6.33 Å². The number of aryl methyl sites for hydroxylation is 2. The lowest BCUT2D eigenvalue weighted by atomic mass is 10.1. The van der Waals surface area contributed by atoms with Crippen LogP contribution in [-0.4, -0.2) is 9.97 Å². The van der Waals surface area contributed by atoms with E-state index in [0.717, 1.165) is 5.56 Å². The topological polar surface area (TPSA) is 57.8 Å². The Labute approximate surface area is 104 Å². The van der Waals surface area contributed by atoms with E-state index in [-0.39, 0.29) is 11.4 Å². The first-order valence-electron chi connectivity index (χ1n) is 5.60. The molecule has 1 heterocycles. The summed E-state index contributed by atoms with van der Waals surface area (Å²) in [5.41, 5.74) is 1.98. The third-order valence-electron chi connectivity index (χ3n) is 2.65. The summed E-state index contributed by atoms with van der Waals surface area (Å²) in [6.45, 7) is 3.97. The quantitative estimate of drug-likeness (QED) is 0.873. The summed E-state index contributed by atoms with van der Waals surface area (Å²) in [6.07, 6.45) is 1.34. The van der Waals surface area contributed by atoms with Crippen molar-refractivity contribution < 1.29 is 4.39 Å². The van der Waals surface area contributed by atoms with Gasteiger partial charge in [0.1, 0.15) is 11.6 Å². The van der Waals surface area contributed by atoms with E-state index in [0.29, 0.717) is 23.5 Å². The molecule has 1 aromatic carbocycles. The molecule has 0 saturated carbocycles. The van der Waals surface area contributed by atoms with E-state index in [4.69, 9.17) is 0 Å². The third-order valence-corrected chi connectivity index (χ3v) is 2.65. The first-order chi connectivity index (χ1) is 8.56. The summed E-state index contributed by atoms with van der Waals surface area (Å²) in [7, 11) is 0. The maximum Gasteiger partial charge on any atom is 0.252 e. The van der Waals surface area contributed by atoms with Crippen LogP contribution in [0.2, 0.25) is 0 Å². The highest BCUT2D eigenvalue weighted by atomic mass is 19.1. The number of benzene rings is 1. The summed E-state index contributed by atoms with van der Waals surface area (Å²) < 4.78 is 13.4. The fourth-order valence-corrected chi connectivity index (χ4v) is 1.80. The molecule has 4 nitrogen and oxygen atoms in total. The molecule has 2 N–H and O–H groups in total. The lowest BCUT2D eigenvalue weighted by molar-refractivity contribution is 0.608. The summed E-state index contributed by atoms with van der Waals surface area (Å²) in [6, 6.07) is 4.94. The second-order valence-corrected chi connectivity index (χ2v) is 4.19. The molecular formula is C13H14FN3O. The van der Waals surface area contributed by atoms with Gasteiger partial charge in [-0.2, -0.15) is 0 Å². The van der Waals surface area contributed by atoms with Crippen LogP contribution in [0.25, 0.3) is 0 Å². The average molecular weight is 247 g/mol. The number of aromatic nitrogens is 2. The molecule has 5 heteroatoms. The predicted molar refractivity (Wildman–Crippen MR) is 68.1 cm³/mol. The fourth-order valence-electron chi connectivity index (χ4n) is 1.80. The van der Waals surface area contributed by atoms with E-state index in [1.54, 1.807) is 26.0 Å². The van der Waals surface area contributed by atoms with Gasteiger partial charge in [0.25, 0.3) is 5.56 Å². The number of H-pyrrole nitrogens is 1. The average Bonchev–Trinajstić information content (AvgIpc) is 2.33. The van der Waals surface area contributed by atoms with Crippen molar-refractivity contribution in [3.8, 4) is 0 Å². The number of nitrogens with zero attached hydrogens (tertiary/aromatic N) is 1. The zero-order chi connectivity index (χ0) is 13.1. The lowest BCUT2D eigenvalue weighted by Crippen LogP contribution is -2.09. The van der Waals surface area contributed by atoms with E-state index >= 15 is 0 Å². The van der Waals surface area contributed by atoms with E-state index in [1.807, 2.05) is 0 Å². The van der Waals surface area contributed by atoms with Gasteiger partial charge in [-0.15, -0.1) is 0 Å².